The van der Waals surface area contributed by atoms with Gasteiger partial charge in [-0.1, -0.05) is 0 Å². The molecule has 3 rings (SSSR count). The highest BCUT2D eigenvalue weighted by Gasteiger charge is 2.53. The smallest absolute Gasteiger partial charge is 0.421 e. The van der Waals surface area contributed by atoms with E-state index >= 15 is 0 Å². The minimum atomic E-state index is -4.60. The maximum Gasteiger partial charge on any atom is 0.421 e. The van der Waals surface area contributed by atoms with Crippen LogP contribution in [0.4, 0.5) is 4.79 Å². The first-order valence-electron chi connectivity index (χ1n) is 7.37. The van der Waals surface area contributed by atoms with E-state index in [1.54, 1.807) is 0 Å². The van der Waals surface area contributed by atoms with E-state index in [0.29, 0.717) is 30.7 Å². The quantitative estimate of drug-likeness (QED) is 0.571. The Morgan fingerprint density at radius 1 is 1.33 bits per heavy atom. The van der Waals surface area contributed by atoms with E-state index in [1.807, 2.05) is 0 Å². The Bertz CT molecular complexity index is 688. The molecule has 1 saturated carbocycles. The van der Waals surface area contributed by atoms with Crippen LogP contribution in [0.2, 0.25) is 0 Å². The molecular formula is C12H17N3O8S. The Labute approximate surface area is 137 Å². The largest absolute Gasteiger partial charge is 0.481 e. The van der Waals surface area contributed by atoms with Gasteiger partial charge in [0.25, 0.3) is 0 Å². The van der Waals surface area contributed by atoms with E-state index in [9.17, 15) is 22.8 Å². The molecule has 3 fully saturated rings. The molecule has 0 unspecified atom stereocenters. The van der Waals surface area contributed by atoms with Crippen molar-refractivity contribution in [2.24, 2.45) is 11.1 Å². The maximum absolute atomic E-state index is 12.2. The summed E-state index contributed by atoms with van der Waals surface area (Å²) in [5.74, 6) is -1.80. The van der Waals surface area contributed by atoms with Crippen LogP contribution in [0.5, 0.6) is 0 Å². The zero-order valence-corrected chi connectivity index (χ0v) is 13.4. The Morgan fingerprint density at radius 2 is 2.00 bits per heavy atom. The average molecular weight is 363 g/mol. The highest BCUT2D eigenvalue weighted by molar-refractivity contribution is 7.81. The van der Waals surface area contributed by atoms with Crippen molar-refractivity contribution in [1.29, 1.82) is 0 Å². The van der Waals surface area contributed by atoms with Gasteiger partial charge in [0, 0.05) is 6.54 Å². The summed E-state index contributed by atoms with van der Waals surface area (Å²) in [5.41, 5.74) is 4.02. The van der Waals surface area contributed by atoms with Crippen LogP contribution in [-0.4, -0.2) is 66.6 Å². The van der Waals surface area contributed by atoms with Gasteiger partial charge < -0.3 is 15.7 Å². The molecule has 0 aromatic carbocycles. The molecule has 134 valence electrons. The van der Waals surface area contributed by atoms with E-state index < -0.39 is 52.4 Å². The predicted octanol–water partition coefficient (Wildman–Crippen LogP) is -1.20. The third-order valence-electron chi connectivity index (χ3n) is 4.61. The fourth-order valence-electron chi connectivity index (χ4n) is 2.90. The number of hydroxylamine groups is 2. The molecule has 24 heavy (non-hydrogen) atoms. The van der Waals surface area contributed by atoms with Crippen molar-refractivity contribution in [2.45, 2.75) is 37.8 Å². The molecule has 3 N–H and O–H groups in total. The second-order valence-electron chi connectivity index (χ2n) is 6.24. The van der Waals surface area contributed by atoms with Crippen molar-refractivity contribution in [3.63, 3.8) is 0 Å². The van der Waals surface area contributed by atoms with Gasteiger partial charge in [0.1, 0.15) is 6.04 Å². The van der Waals surface area contributed by atoms with Gasteiger partial charge in [-0.05, 0) is 25.7 Å². The zero-order valence-electron chi connectivity index (χ0n) is 12.6. The van der Waals surface area contributed by atoms with Gasteiger partial charge >= 0.3 is 22.4 Å². The Kier molecular flexibility index (Phi) is 3.92. The number of carbonyl (C=O) groups is 3. The first-order chi connectivity index (χ1) is 11.2. The van der Waals surface area contributed by atoms with Crippen LogP contribution >= 0.6 is 0 Å². The normalized spacial score (nSPS) is 28.1. The monoisotopic (exact) mass is 363 g/mol. The summed E-state index contributed by atoms with van der Waals surface area (Å²) in [7, 11) is -4.60. The predicted molar refractivity (Wildman–Crippen MR) is 75.2 cm³/mol. The number of fused-ring (bicyclic) bond motifs is 2. The fourth-order valence-corrected chi connectivity index (χ4v) is 3.70. The molecular weight excluding hydrogens is 346 g/mol. The van der Waals surface area contributed by atoms with E-state index in [4.69, 9.17) is 15.1 Å². The van der Waals surface area contributed by atoms with E-state index in [0.717, 1.165) is 4.90 Å². The van der Waals surface area contributed by atoms with Crippen LogP contribution in [0.15, 0.2) is 0 Å². The lowest BCUT2D eigenvalue weighted by molar-refractivity contribution is -0.144. The molecule has 0 aromatic heterocycles. The summed E-state index contributed by atoms with van der Waals surface area (Å²) in [6.45, 7) is -0.425. The van der Waals surface area contributed by atoms with Crippen molar-refractivity contribution in [2.75, 3.05) is 13.2 Å². The minimum Gasteiger partial charge on any atom is -0.481 e. The zero-order chi connectivity index (χ0) is 17.7. The average Bonchev–Trinajstić information content (AvgIpc) is 3.27. The molecule has 0 radical (unpaired) electrons. The van der Waals surface area contributed by atoms with Crippen LogP contribution in [0.1, 0.15) is 25.7 Å². The molecule has 0 spiro atoms. The number of carboxylic acids is 1. The molecule has 2 heterocycles. The fraction of sp³-hybridized carbons (Fsp3) is 0.750. The van der Waals surface area contributed by atoms with Gasteiger partial charge in [-0.15, -0.1) is 4.28 Å². The number of aliphatic carboxylic acids is 1. The highest BCUT2D eigenvalue weighted by atomic mass is 32.3. The third-order valence-corrected chi connectivity index (χ3v) is 5.36. The molecule has 3 amide bonds. The van der Waals surface area contributed by atoms with Gasteiger partial charge in [0.15, 0.2) is 0 Å². The second-order valence-corrected chi connectivity index (χ2v) is 7.44. The van der Waals surface area contributed by atoms with Crippen molar-refractivity contribution < 1.29 is 36.4 Å². The number of carboxylic acid groups (broad SMARTS) is 1. The summed E-state index contributed by atoms with van der Waals surface area (Å²) in [6.07, 6.45) is 1.30. The van der Waals surface area contributed by atoms with Gasteiger partial charge in [-0.25, -0.2) is 8.98 Å². The van der Waals surface area contributed by atoms with Gasteiger partial charge in [-0.3, -0.25) is 9.59 Å². The van der Waals surface area contributed by atoms with E-state index in [-0.39, 0.29) is 6.54 Å². The molecule has 0 aromatic rings. The number of hydrogen-bond acceptors (Lipinski definition) is 7. The number of piperidine rings is 1. The lowest BCUT2D eigenvalue weighted by Crippen LogP contribution is -2.47. The number of primary amides is 1. The lowest BCUT2D eigenvalue weighted by atomic mass is 10.0. The molecule has 2 atom stereocenters. The van der Waals surface area contributed by atoms with Gasteiger partial charge in [0.2, 0.25) is 5.91 Å². The summed E-state index contributed by atoms with van der Waals surface area (Å²) < 4.78 is 33.1. The standard InChI is InChI=1S/C12H17N3O8S/c13-9(16)8-2-1-7-5-14(8)11(19)15(7)23-24(20,21)22-6-12(3-4-12)10(17)18/h7-8H,1-6H2,(H2,13,16)(H,17,18)/t7-,8+/m1/s1. The minimum absolute atomic E-state index is 0.126. The van der Waals surface area contributed by atoms with Crippen LogP contribution in [0.3, 0.4) is 0 Å². The highest BCUT2D eigenvalue weighted by Crippen LogP contribution is 2.46. The van der Waals surface area contributed by atoms with Crippen LogP contribution in [-0.2, 0) is 28.5 Å². The summed E-state index contributed by atoms with van der Waals surface area (Å²) in [6, 6.07) is -2.12. The number of urea groups is 1. The molecule has 2 saturated heterocycles. The Morgan fingerprint density at radius 3 is 2.54 bits per heavy atom. The lowest BCUT2D eigenvalue weighted by Gasteiger charge is -2.27. The molecule has 12 heteroatoms. The van der Waals surface area contributed by atoms with E-state index in [1.165, 1.54) is 0 Å². The van der Waals surface area contributed by atoms with Crippen molar-refractivity contribution in [1.82, 2.24) is 9.96 Å². The first-order valence-corrected chi connectivity index (χ1v) is 8.70. The summed E-state index contributed by atoms with van der Waals surface area (Å²) >= 11 is 0. The molecule has 11 nitrogen and oxygen atoms in total. The van der Waals surface area contributed by atoms with Gasteiger partial charge in [0.05, 0.1) is 18.1 Å². The van der Waals surface area contributed by atoms with Crippen molar-refractivity contribution in [3.8, 4) is 0 Å². The topological polar surface area (TPSA) is 157 Å². The molecule has 3 aliphatic rings. The number of carbonyl (C=O) groups excluding carboxylic acids is 2. The second kappa shape index (κ2) is 5.57. The van der Waals surface area contributed by atoms with Crippen molar-refractivity contribution >= 4 is 28.3 Å². The van der Waals surface area contributed by atoms with Crippen LogP contribution < -0.4 is 5.73 Å². The van der Waals surface area contributed by atoms with Gasteiger partial charge in [-0.2, -0.15) is 13.5 Å². The summed E-state index contributed by atoms with van der Waals surface area (Å²) in [4.78, 5) is 35.7. The van der Waals surface area contributed by atoms with Crippen LogP contribution in [0.25, 0.3) is 0 Å². The number of hydrogen-bond donors (Lipinski definition) is 2. The van der Waals surface area contributed by atoms with Crippen molar-refractivity contribution in [3.05, 3.63) is 0 Å². The van der Waals surface area contributed by atoms with E-state index in [2.05, 4.69) is 4.18 Å². The Hall–Kier alpha value is -1.92. The number of amides is 3. The maximum atomic E-state index is 12.2. The molecule has 1 aliphatic carbocycles. The number of nitrogens with two attached hydrogens (primary N) is 1. The molecule has 2 bridgehead atoms. The Balaban J connectivity index is 1.64. The number of nitrogens with zero attached hydrogens (tertiary/aromatic N) is 2. The van der Waals surface area contributed by atoms with Crippen LogP contribution in [0, 0.1) is 5.41 Å². The molecule has 2 aliphatic heterocycles. The first kappa shape index (κ1) is 16.9. The SMILES string of the molecule is NC(=O)[C@@H]1CC[C@@H]2CN1C(=O)N2OS(=O)(=O)OCC1(C(=O)O)CC1. The third kappa shape index (κ3) is 2.91. The number of rotatable bonds is 7. The summed E-state index contributed by atoms with van der Waals surface area (Å²) in [5, 5.41) is 9.65.